The largest absolute Gasteiger partial charge is 0.550 e. The molecule has 0 unspecified atom stereocenters. The number of aliphatic hydroxyl groups is 1. The molecule has 0 aliphatic carbocycles. The van der Waals surface area contributed by atoms with E-state index in [0.717, 1.165) is 0 Å². The number of likely N-dealkylation sites (N-methyl/N-ethyl adjacent to an activating group) is 1. The van der Waals surface area contributed by atoms with Crippen LogP contribution in [0.2, 0.25) is 0 Å². The summed E-state index contributed by atoms with van der Waals surface area (Å²) in [5.74, 6) is -1.86. The summed E-state index contributed by atoms with van der Waals surface area (Å²) in [6, 6.07) is 0. The Kier molecular flexibility index (Phi) is 2.00. The average Bonchev–Trinajstić information content (AvgIpc) is 1.97. The molecule has 4 nitrogen and oxygen atoms in total. The Balaban J connectivity index is 4.65. The molecule has 0 fully saturated rings. The fraction of sp³-hybridized carbons (Fsp3) is 0.857. The van der Waals surface area contributed by atoms with Gasteiger partial charge in [-0.25, -0.2) is 0 Å². The summed E-state index contributed by atoms with van der Waals surface area (Å²) in [6.07, 6.45) is -3.99. The third-order valence-corrected chi connectivity index (χ3v) is 0.992. The van der Waals surface area contributed by atoms with Crippen LogP contribution in [0.4, 0.5) is 0 Å². The zero-order valence-corrected chi connectivity index (χ0v) is 6.96. The Morgan fingerprint density at radius 1 is 1.82 bits per heavy atom. The zero-order valence-electron chi connectivity index (χ0n) is 9.96. The van der Waals surface area contributed by atoms with E-state index in [4.69, 9.17) is 4.17 Å². The van der Waals surface area contributed by atoms with E-state index in [2.05, 4.69) is 5.11 Å². The monoisotopic (exact) mass is 164 g/mol. The molecule has 66 valence electrons. The summed E-state index contributed by atoms with van der Waals surface area (Å²) in [6.45, 7) is 0.0739. The van der Waals surface area contributed by atoms with Gasteiger partial charge >= 0.3 is 0 Å². The van der Waals surface area contributed by atoms with E-state index in [9.17, 15) is 9.90 Å². The van der Waals surface area contributed by atoms with Crippen molar-refractivity contribution < 1.29 is 22.2 Å². The van der Waals surface area contributed by atoms with Gasteiger partial charge in [-0.2, -0.15) is 0 Å². The minimum Gasteiger partial charge on any atom is -0.550 e. The molecule has 1 N–H and O–H groups in total. The van der Waals surface area contributed by atoms with Crippen LogP contribution in [0.1, 0.15) is 9.11 Å². The van der Waals surface area contributed by atoms with E-state index in [-0.39, 0.29) is 6.54 Å². The Hall–Kier alpha value is -0.610. The molecule has 0 bridgehead atoms. The number of hydrogen-bond donors (Lipinski definition) is 1. The van der Waals surface area contributed by atoms with E-state index in [1.165, 1.54) is 0 Å². The Bertz CT molecular complexity index is 215. The Labute approximate surface area is 71.0 Å². The molecule has 0 amide bonds. The number of carbonyl (C=O) groups excluding carboxylic acids is 1. The first-order valence-corrected chi connectivity index (χ1v) is 3.25. The highest BCUT2D eigenvalue weighted by Gasteiger charge is 2.14. The van der Waals surface area contributed by atoms with E-state index in [1.807, 2.05) is 0 Å². The van der Waals surface area contributed by atoms with Crippen molar-refractivity contribution in [1.29, 1.82) is 1.43 Å². The van der Waals surface area contributed by atoms with Crippen LogP contribution in [-0.4, -0.2) is 50.8 Å². The smallest absolute Gasteiger partial charge is 0.211 e. The van der Waals surface area contributed by atoms with Gasteiger partial charge in [0.25, 0.3) is 0 Å². The maximum Gasteiger partial charge on any atom is 0.211 e. The van der Waals surface area contributed by atoms with Crippen LogP contribution in [0.15, 0.2) is 0 Å². The van der Waals surface area contributed by atoms with Crippen molar-refractivity contribution in [2.24, 2.45) is 0 Å². The second kappa shape index (κ2) is 3.69. The summed E-state index contributed by atoms with van der Waals surface area (Å²) in [4.78, 5) is 10.5. The van der Waals surface area contributed by atoms with Crippen LogP contribution >= 0.6 is 0 Å². The molecule has 0 aromatic carbocycles. The topological polar surface area (TPSA) is 60.4 Å². The molecule has 0 rings (SSSR count). The van der Waals surface area contributed by atoms with Crippen LogP contribution < -0.4 is 5.11 Å². The van der Waals surface area contributed by atoms with Gasteiger partial charge in [0.15, 0.2) is 0 Å². The second-order valence-corrected chi connectivity index (χ2v) is 3.39. The molecular weight excluding hydrogens is 146 g/mol. The third-order valence-electron chi connectivity index (χ3n) is 0.992. The van der Waals surface area contributed by atoms with Gasteiger partial charge in [-0.1, -0.05) is 0 Å². The molecule has 11 heavy (non-hydrogen) atoms. The van der Waals surface area contributed by atoms with Crippen molar-refractivity contribution >= 4 is 5.97 Å². The first kappa shape index (κ1) is 5.97. The van der Waals surface area contributed by atoms with E-state index >= 15 is 0 Å². The van der Waals surface area contributed by atoms with E-state index < -0.39 is 18.4 Å². The first-order valence-electron chi connectivity index (χ1n) is 4.66. The summed E-state index contributed by atoms with van der Waals surface area (Å²) in [5, 5.41) is 14.5. The van der Waals surface area contributed by atoms with Crippen molar-refractivity contribution in [3.63, 3.8) is 0 Å². The number of carbonyl (C=O) groups is 1. The molecule has 0 saturated heterocycles. The summed E-state index contributed by atoms with van der Waals surface area (Å²) < 4.78 is 21.3. The number of carboxylic acids is 1. The lowest BCUT2D eigenvalue weighted by molar-refractivity contribution is -0.873. The number of carboxylic acid groups (broad SMARTS) is 1. The average molecular weight is 164 g/mol. The molecule has 0 aromatic heterocycles. The van der Waals surface area contributed by atoms with Crippen LogP contribution in [0.3, 0.4) is 0 Å². The third kappa shape index (κ3) is 7.29. The van der Waals surface area contributed by atoms with Gasteiger partial charge in [0.2, 0.25) is 1.43 Å². The Morgan fingerprint density at radius 2 is 2.36 bits per heavy atom. The van der Waals surface area contributed by atoms with Crippen LogP contribution in [0.25, 0.3) is 0 Å². The van der Waals surface area contributed by atoms with Crippen LogP contribution in [0, 0.1) is 0 Å². The minimum atomic E-state index is -2.65. The SMILES string of the molecule is [2H]O[C@@H](C[N+](C)(C)C)C([2H])([2H])C(=O)[O-]. The number of aliphatic hydroxyl groups excluding tert-OH is 1. The lowest BCUT2D eigenvalue weighted by Gasteiger charge is -2.26. The molecule has 4 heteroatoms. The van der Waals surface area contributed by atoms with Crippen molar-refractivity contribution in [1.82, 2.24) is 0 Å². The maximum absolute atomic E-state index is 10.5. The van der Waals surface area contributed by atoms with Gasteiger partial charge in [0, 0.05) is 15.1 Å². The van der Waals surface area contributed by atoms with Gasteiger partial charge in [-0.3, -0.25) is 0 Å². The molecule has 0 aliphatic heterocycles. The lowest BCUT2D eigenvalue weighted by Crippen LogP contribution is -2.43. The number of rotatable bonds is 5. The molecule has 0 aromatic rings. The summed E-state index contributed by atoms with van der Waals surface area (Å²) >= 11 is 0. The summed E-state index contributed by atoms with van der Waals surface area (Å²) in [7, 11) is 5.24. The quantitative estimate of drug-likeness (QED) is 0.487. The molecule has 1 atom stereocenters. The lowest BCUT2D eigenvalue weighted by atomic mass is 10.2. The fourth-order valence-electron chi connectivity index (χ4n) is 0.675. The summed E-state index contributed by atoms with van der Waals surface area (Å²) in [5.41, 5.74) is 0. The van der Waals surface area contributed by atoms with Crippen LogP contribution in [0.5, 0.6) is 0 Å². The Morgan fingerprint density at radius 3 is 2.64 bits per heavy atom. The van der Waals surface area contributed by atoms with E-state index in [0.29, 0.717) is 4.48 Å². The number of quaternary nitrogens is 1. The molecule has 0 heterocycles. The van der Waals surface area contributed by atoms with Crippen molar-refractivity contribution in [2.75, 3.05) is 27.7 Å². The minimum absolute atomic E-state index is 0.0739. The number of nitrogens with zero attached hydrogens (tertiary/aromatic N) is 1. The first-order chi connectivity index (χ1) is 6.11. The van der Waals surface area contributed by atoms with Crippen molar-refractivity contribution in [2.45, 2.75) is 12.5 Å². The standard InChI is InChI=1S/C7H15NO3/c1-8(2,3)5-6(9)4-7(10)11/h6,9H,4-5H2,1-3H3/t6-/m1/s1/i4D2,9D. The fourth-order valence-corrected chi connectivity index (χ4v) is 0.675. The highest BCUT2D eigenvalue weighted by molar-refractivity contribution is 5.64. The number of aliphatic carboxylic acids is 1. The van der Waals surface area contributed by atoms with Gasteiger partial charge in [-0.15, -0.1) is 0 Å². The molecular formula is C7H15NO3. The highest BCUT2D eigenvalue weighted by atomic mass is 16.4. The second-order valence-electron chi connectivity index (χ2n) is 3.39. The molecule has 0 aliphatic rings. The number of hydrogen-bond acceptors (Lipinski definition) is 3. The van der Waals surface area contributed by atoms with Crippen molar-refractivity contribution in [3.8, 4) is 0 Å². The molecule has 0 saturated carbocycles. The van der Waals surface area contributed by atoms with E-state index in [1.54, 1.807) is 21.1 Å². The molecule has 0 spiro atoms. The normalized spacial score (nSPS) is 19.7. The van der Waals surface area contributed by atoms with Gasteiger partial charge in [0.1, 0.15) is 12.6 Å². The van der Waals surface area contributed by atoms with Crippen molar-refractivity contribution in [3.05, 3.63) is 0 Å². The van der Waals surface area contributed by atoms with Gasteiger partial charge < -0.3 is 19.5 Å². The molecule has 0 radical (unpaired) electrons. The predicted octanol–water partition coefficient (Wildman–Crippen LogP) is -1.81. The predicted molar refractivity (Wildman–Crippen MR) is 38.5 cm³/mol. The maximum atomic E-state index is 10.5. The zero-order chi connectivity index (χ0) is 11.6. The van der Waals surface area contributed by atoms with Gasteiger partial charge in [0.05, 0.1) is 21.1 Å². The highest BCUT2D eigenvalue weighted by Crippen LogP contribution is 1.97. The van der Waals surface area contributed by atoms with Crippen LogP contribution in [-0.2, 0) is 4.79 Å². The van der Waals surface area contributed by atoms with Gasteiger partial charge in [-0.05, 0) is 0 Å².